The van der Waals surface area contributed by atoms with Crippen LogP contribution in [0.2, 0.25) is 0 Å². The van der Waals surface area contributed by atoms with E-state index in [1.54, 1.807) is 12.1 Å². The van der Waals surface area contributed by atoms with Gasteiger partial charge in [0.15, 0.2) is 0 Å². The third-order valence-electron chi connectivity index (χ3n) is 3.15. The molecule has 0 saturated carbocycles. The molecule has 0 bridgehead atoms. The SMILES string of the molecule is NC(=O)C1CCN(Cc2ccc(N)c(F)c2)C1. The number of carbonyl (C=O) groups excluding carboxylic acids is 1. The molecule has 17 heavy (non-hydrogen) atoms. The average Bonchev–Trinajstić information content (AvgIpc) is 2.72. The molecule has 0 aromatic heterocycles. The van der Waals surface area contributed by atoms with Crippen molar-refractivity contribution in [1.29, 1.82) is 0 Å². The van der Waals surface area contributed by atoms with Gasteiger partial charge in [-0.3, -0.25) is 9.69 Å². The van der Waals surface area contributed by atoms with Gasteiger partial charge < -0.3 is 11.5 Å². The molecule has 1 fully saturated rings. The minimum atomic E-state index is -0.395. The van der Waals surface area contributed by atoms with Crippen LogP contribution in [0.15, 0.2) is 18.2 Å². The lowest BCUT2D eigenvalue weighted by molar-refractivity contribution is -0.121. The summed E-state index contributed by atoms with van der Waals surface area (Å²) in [5.74, 6) is -0.724. The summed E-state index contributed by atoms with van der Waals surface area (Å²) in [5, 5.41) is 0. The number of nitrogen functional groups attached to an aromatic ring is 1. The maximum absolute atomic E-state index is 13.2. The van der Waals surface area contributed by atoms with Crippen molar-refractivity contribution in [1.82, 2.24) is 4.90 Å². The van der Waals surface area contributed by atoms with Gasteiger partial charge in [0.25, 0.3) is 0 Å². The first-order valence-corrected chi connectivity index (χ1v) is 5.62. The molecule has 1 aromatic carbocycles. The van der Waals surface area contributed by atoms with E-state index in [-0.39, 0.29) is 17.5 Å². The van der Waals surface area contributed by atoms with E-state index < -0.39 is 5.82 Å². The maximum Gasteiger partial charge on any atom is 0.221 e. The van der Waals surface area contributed by atoms with Crippen molar-refractivity contribution in [3.8, 4) is 0 Å². The highest BCUT2D eigenvalue weighted by molar-refractivity contribution is 5.77. The number of likely N-dealkylation sites (tertiary alicyclic amines) is 1. The Hall–Kier alpha value is -1.62. The molecule has 1 aliphatic heterocycles. The second kappa shape index (κ2) is 4.71. The number of primary amides is 1. The maximum atomic E-state index is 13.2. The zero-order valence-corrected chi connectivity index (χ0v) is 9.53. The average molecular weight is 237 g/mol. The molecule has 4 nitrogen and oxygen atoms in total. The molecule has 4 N–H and O–H groups in total. The lowest BCUT2D eigenvalue weighted by Crippen LogP contribution is -2.27. The number of carbonyl (C=O) groups is 1. The Balaban J connectivity index is 1.98. The summed E-state index contributed by atoms with van der Waals surface area (Å²) in [7, 11) is 0. The summed E-state index contributed by atoms with van der Waals surface area (Å²) in [6, 6.07) is 4.80. The van der Waals surface area contributed by atoms with Gasteiger partial charge in [-0.25, -0.2) is 4.39 Å². The zero-order chi connectivity index (χ0) is 12.4. The van der Waals surface area contributed by atoms with Crippen molar-refractivity contribution < 1.29 is 9.18 Å². The normalized spacial score (nSPS) is 20.6. The molecule has 1 saturated heterocycles. The van der Waals surface area contributed by atoms with Gasteiger partial charge in [0.2, 0.25) is 5.91 Å². The molecule has 0 radical (unpaired) electrons. The van der Waals surface area contributed by atoms with Crippen molar-refractivity contribution in [2.24, 2.45) is 11.7 Å². The van der Waals surface area contributed by atoms with Gasteiger partial charge in [-0.2, -0.15) is 0 Å². The van der Waals surface area contributed by atoms with Crippen molar-refractivity contribution in [3.05, 3.63) is 29.6 Å². The van der Waals surface area contributed by atoms with Crippen molar-refractivity contribution in [2.45, 2.75) is 13.0 Å². The van der Waals surface area contributed by atoms with Crippen molar-refractivity contribution in [2.75, 3.05) is 18.8 Å². The van der Waals surface area contributed by atoms with E-state index in [1.165, 1.54) is 6.07 Å². The van der Waals surface area contributed by atoms with Crippen LogP contribution in [0.4, 0.5) is 10.1 Å². The van der Waals surface area contributed by atoms with E-state index in [0.717, 1.165) is 18.5 Å². The van der Waals surface area contributed by atoms with E-state index in [9.17, 15) is 9.18 Å². The zero-order valence-electron chi connectivity index (χ0n) is 9.53. The molecule has 1 atom stereocenters. The van der Waals surface area contributed by atoms with Gasteiger partial charge >= 0.3 is 0 Å². The van der Waals surface area contributed by atoms with Crippen LogP contribution in [0.5, 0.6) is 0 Å². The number of halogens is 1. The second-order valence-corrected chi connectivity index (χ2v) is 4.48. The van der Waals surface area contributed by atoms with Gasteiger partial charge in [0.05, 0.1) is 11.6 Å². The van der Waals surface area contributed by atoms with Gasteiger partial charge in [-0.05, 0) is 30.7 Å². The molecular formula is C12H16FN3O. The Bertz CT molecular complexity index is 436. The van der Waals surface area contributed by atoms with E-state index in [1.807, 2.05) is 0 Å². The number of hydrogen-bond donors (Lipinski definition) is 2. The summed E-state index contributed by atoms with van der Waals surface area (Å²) < 4.78 is 13.2. The fourth-order valence-corrected chi connectivity index (χ4v) is 2.14. The molecule has 0 aliphatic carbocycles. The van der Waals surface area contributed by atoms with Gasteiger partial charge in [0, 0.05) is 13.1 Å². The highest BCUT2D eigenvalue weighted by atomic mass is 19.1. The van der Waals surface area contributed by atoms with Crippen LogP contribution in [-0.2, 0) is 11.3 Å². The first kappa shape index (κ1) is 11.9. The Morgan fingerprint density at radius 2 is 2.29 bits per heavy atom. The summed E-state index contributed by atoms with van der Waals surface area (Å²) in [6.45, 7) is 2.10. The molecule has 1 heterocycles. The number of rotatable bonds is 3. The topological polar surface area (TPSA) is 72.4 Å². The van der Waals surface area contributed by atoms with Crippen LogP contribution in [0.25, 0.3) is 0 Å². The first-order valence-electron chi connectivity index (χ1n) is 5.62. The first-order chi connectivity index (χ1) is 8.06. The Morgan fingerprint density at radius 1 is 1.53 bits per heavy atom. The van der Waals surface area contributed by atoms with Crippen molar-refractivity contribution in [3.63, 3.8) is 0 Å². The summed E-state index contributed by atoms with van der Waals surface area (Å²) >= 11 is 0. The van der Waals surface area contributed by atoms with Crippen LogP contribution in [0.1, 0.15) is 12.0 Å². The smallest absolute Gasteiger partial charge is 0.221 e. The fourth-order valence-electron chi connectivity index (χ4n) is 2.14. The van der Waals surface area contributed by atoms with E-state index in [0.29, 0.717) is 13.1 Å². The predicted molar refractivity (Wildman–Crippen MR) is 63.4 cm³/mol. The van der Waals surface area contributed by atoms with Crippen LogP contribution in [0.3, 0.4) is 0 Å². The number of hydrogen-bond acceptors (Lipinski definition) is 3. The second-order valence-electron chi connectivity index (χ2n) is 4.48. The van der Waals surface area contributed by atoms with Gasteiger partial charge in [-0.15, -0.1) is 0 Å². The predicted octanol–water partition coefficient (Wildman–Crippen LogP) is 0.715. The lowest BCUT2D eigenvalue weighted by Gasteiger charge is -2.15. The van der Waals surface area contributed by atoms with Crippen LogP contribution < -0.4 is 11.5 Å². The molecule has 1 amide bonds. The summed E-state index contributed by atoms with van der Waals surface area (Å²) in [4.78, 5) is 13.1. The minimum absolute atomic E-state index is 0.0753. The van der Waals surface area contributed by atoms with Crippen LogP contribution >= 0.6 is 0 Å². The summed E-state index contributed by atoms with van der Waals surface area (Å²) in [5.41, 5.74) is 11.7. The Kier molecular flexibility index (Phi) is 3.28. The quantitative estimate of drug-likeness (QED) is 0.761. The standard InChI is InChI=1S/C12H16FN3O/c13-10-5-8(1-2-11(10)14)6-16-4-3-9(7-16)12(15)17/h1-2,5,9H,3-4,6-7,14H2,(H2,15,17). The molecule has 0 spiro atoms. The molecule has 2 rings (SSSR count). The molecule has 5 heteroatoms. The van der Waals surface area contributed by atoms with E-state index in [2.05, 4.69) is 4.90 Å². The largest absolute Gasteiger partial charge is 0.396 e. The Labute approximate surface area is 99.4 Å². The highest BCUT2D eigenvalue weighted by Gasteiger charge is 2.26. The van der Waals surface area contributed by atoms with Gasteiger partial charge in [0.1, 0.15) is 5.82 Å². The number of nitrogens with two attached hydrogens (primary N) is 2. The van der Waals surface area contributed by atoms with Crippen LogP contribution in [-0.4, -0.2) is 23.9 Å². The molecular weight excluding hydrogens is 221 g/mol. The van der Waals surface area contributed by atoms with E-state index in [4.69, 9.17) is 11.5 Å². The van der Waals surface area contributed by atoms with Crippen molar-refractivity contribution >= 4 is 11.6 Å². The lowest BCUT2D eigenvalue weighted by atomic mass is 10.1. The highest BCUT2D eigenvalue weighted by Crippen LogP contribution is 2.19. The number of benzene rings is 1. The monoisotopic (exact) mass is 237 g/mol. The Morgan fingerprint density at radius 3 is 2.88 bits per heavy atom. The molecule has 1 unspecified atom stereocenters. The van der Waals surface area contributed by atoms with Gasteiger partial charge in [-0.1, -0.05) is 6.07 Å². The molecule has 92 valence electrons. The number of amides is 1. The number of nitrogens with zero attached hydrogens (tertiary/aromatic N) is 1. The van der Waals surface area contributed by atoms with E-state index >= 15 is 0 Å². The third-order valence-corrected chi connectivity index (χ3v) is 3.15. The minimum Gasteiger partial charge on any atom is -0.396 e. The fraction of sp³-hybridized carbons (Fsp3) is 0.417. The molecule has 1 aliphatic rings. The van der Waals surface area contributed by atoms with Crippen LogP contribution in [0, 0.1) is 11.7 Å². The summed E-state index contributed by atoms with van der Waals surface area (Å²) in [6.07, 6.45) is 0.785. The molecule has 1 aromatic rings. The third kappa shape index (κ3) is 2.74. The number of anilines is 1.